The molecule has 0 unspecified atom stereocenters. The lowest BCUT2D eigenvalue weighted by Crippen LogP contribution is -2.05. The van der Waals surface area contributed by atoms with Gasteiger partial charge in [-0.25, -0.2) is 4.79 Å². The summed E-state index contributed by atoms with van der Waals surface area (Å²) in [6, 6.07) is 1.65. The molecule has 0 aromatic carbocycles. The van der Waals surface area contributed by atoms with Crippen LogP contribution in [-0.4, -0.2) is 20.9 Å². The molecule has 1 aromatic heterocycles. The minimum atomic E-state index is -1.00. The molecule has 4 nitrogen and oxygen atoms in total. The molecule has 0 aliphatic rings. The molecule has 1 rings (SSSR count). The summed E-state index contributed by atoms with van der Waals surface area (Å²) in [4.78, 5) is 10.5. The average molecular weight is 233 g/mol. The van der Waals surface area contributed by atoms with Gasteiger partial charge in [-0.1, -0.05) is 0 Å². The van der Waals surface area contributed by atoms with Gasteiger partial charge in [0.15, 0.2) is 5.69 Å². The van der Waals surface area contributed by atoms with Crippen molar-refractivity contribution in [3.05, 3.63) is 16.4 Å². The molecule has 0 saturated carbocycles. The number of hydrogen-bond donors (Lipinski definition) is 1. The lowest BCUT2D eigenvalue weighted by Gasteiger charge is -2.05. The molecule has 0 radical (unpaired) electrons. The molecule has 0 bridgehead atoms. The largest absolute Gasteiger partial charge is 0.476 e. The number of halogens is 1. The lowest BCUT2D eigenvalue weighted by molar-refractivity contribution is 0.0689. The Balaban J connectivity index is 3.09. The summed E-state index contributed by atoms with van der Waals surface area (Å²) in [5, 5.41) is 12.5. The zero-order valence-electron chi connectivity index (χ0n) is 6.78. The number of hydrogen-bond acceptors (Lipinski definition) is 2. The molecule has 66 valence electrons. The number of aromatic nitrogens is 2. The highest BCUT2D eigenvalue weighted by molar-refractivity contribution is 9.10. The quantitative estimate of drug-likeness (QED) is 0.848. The smallest absolute Gasteiger partial charge is 0.356 e. The Morgan fingerprint density at radius 3 is 2.58 bits per heavy atom. The summed E-state index contributed by atoms with van der Waals surface area (Å²) in [7, 11) is 0. The third-order valence-electron chi connectivity index (χ3n) is 1.40. The van der Waals surface area contributed by atoms with Crippen LogP contribution in [0.1, 0.15) is 30.4 Å². The SMILES string of the molecule is CC(C)n1nc(C(=O)O)cc1Br. The van der Waals surface area contributed by atoms with Crippen molar-refractivity contribution in [2.24, 2.45) is 0 Å². The maximum atomic E-state index is 10.5. The van der Waals surface area contributed by atoms with Crippen molar-refractivity contribution in [2.75, 3.05) is 0 Å². The van der Waals surface area contributed by atoms with Crippen molar-refractivity contribution >= 4 is 21.9 Å². The van der Waals surface area contributed by atoms with E-state index < -0.39 is 5.97 Å². The summed E-state index contributed by atoms with van der Waals surface area (Å²) >= 11 is 3.22. The van der Waals surface area contributed by atoms with Crippen molar-refractivity contribution in [1.82, 2.24) is 9.78 Å². The number of rotatable bonds is 2. The molecular formula is C7H9BrN2O2. The van der Waals surface area contributed by atoms with Crippen LogP contribution in [0.2, 0.25) is 0 Å². The Morgan fingerprint density at radius 2 is 2.33 bits per heavy atom. The molecule has 5 heteroatoms. The standard InChI is InChI=1S/C7H9BrN2O2/c1-4(2)10-6(8)3-5(9-10)7(11)12/h3-4H,1-2H3,(H,11,12). The maximum Gasteiger partial charge on any atom is 0.356 e. The van der Waals surface area contributed by atoms with Gasteiger partial charge in [0, 0.05) is 12.1 Å². The third kappa shape index (κ3) is 1.66. The molecule has 0 amide bonds. The first kappa shape index (κ1) is 9.25. The monoisotopic (exact) mass is 232 g/mol. The van der Waals surface area contributed by atoms with E-state index in [-0.39, 0.29) is 11.7 Å². The molecule has 0 aliphatic carbocycles. The Bertz CT molecular complexity index is 306. The molecule has 1 heterocycles. The fourth-order valence-corrected chi connectivity index (χ4v) is 1.54. The van der Waals surface area contributed by atoms with Crippen molar-refractivity contribution < 1.29 is 9.90 Å². The zero-order chi connectivity index (χ0) is 9.30. The van der Waals surface area contributed by atoms with Crippen molar-refractivity contribution in [3.8, 4) is 0 Å². The summed E-state index contributed by atoms with van der Waals surface area (Å²) < 4.78 is 2.30. The third-order valence-corrected chi connectivity index (χ3v) is 1.99. The number of carboxylic acids is 1. The Kier molecular flexibility index (Phi) is 2.52. The van der Waals surface area contributed by atoms with Crippen LogP contribution >= 0.6 is 15.9 Å². The fourth-order valence-electron chi connectivity index (χ4n) is 0.838. The minimum absolute atomic E-state index is 0.0653. The van der Waals surface area contributed by atoms with Gasteiger partial charge in [0.2, 0.25) is 0 Å². The second-order valence-electron chi connectivity index (χ2n) is 2.70. The van der Waals surface area contributed by atoms with E-state index in [2.05, 4.69) is 21.0 Å². The van der Waals surface area contributed by atoms with Crippen LogP contribution in [0.15, 0.2) is 10.7 Å². The van der Waals surface area contributed by atoms with Crippen LogP contribution in [0.25, 0.3) is 0 Å². The van der Waals surface area contributed by atoms with Crippen LogP contribution < -0.4 is 0 Å². The Morgan fingerprint density at radius 1 is 1.75 bits per heavy atom. The molecule has 0 spiro atoms. The van der Waals surface area contributed by atoms with Gasteiger partial charge in [-0.3, -0.25) is 4.68 Å². The number of carbonyl (C=O) groups is 1. The van der Waals surface area contributed by atoms with E-state index in [4.69, 9.17) is 5.11 Å². The van der Waals surface area contributed by atoms with Crippen molar-refractivity contribution in [3.63, 3.8) is 0 Å². The van der Waals surface area contributed by atoms with Gasteiger partial charge in [-0.05, 0) is 29.8 Å². The molecule has 0 atom stereocenters. The van der Waals surface area contributed by atoms with E-state index in [1.807, 2.05) is 13.8 Å². The van der Waals surface area contributed by atoms with Gasteiger partial charge in [0.05, 0.1) is 0 Å². The summed E-state index contributed by atoms with van der Waals surface area (Å²) in [6.45, 7) is 3.87. The van der Waals surface area contributed by atoms with Crippen LogP contribution in [0, 0.1) is 0 Å². The highest BCUT2D eigenvalue weighted by Gasteiger charge is 2.12. The van der Waals surface area contributed by atoms with Crippen molar-refractivity contribution in [2.45, 2.75) is 19.9 Å². The first-order valence-corrected chi connectivity index (χ1v) is 4.30. The molecule has 12 heavy (non-hydrogen) atoms. The first-order chi connectivity index (χ1) is 5.52. The van der Waals surface area contributed by atoms with E-state index in [1.165, 1.54) is 6.07 Å². The predicted molar refractivity (Wildman–Crippen MR) is 47.3 cm³/mol. The highest BCUT2D eigenvalue weighted by atomic mass is 79.9. The predicted octanol–water partition coefficient (Wildman–Crippen LogP) is 1.92. The van der Waals surface area contributed by atoms with Crippen LogP contribution in [0.4, 0.5) is 0 Å². The highest BCUT2D eigenvalue weighted by Crippen LogP contribution is 2.16. The number of aromatic carboxylic acids is 1. The number of nitrogens with zero attached hydrogens (tertiary/aromatic N) is 2. The second kappa shape index (κ2) is 3.26. The van der Waals surface area contributed by atoms with E-state index in [9.17, 15) is 4.79 Å². The topological polar surface area (TPSA) is 55.1 Å². The normalized spacial score (nSPS) is 10.7. The van der Waals surface area contributed by atoms with E-state index in [0.717, 1.165) is 0 Å². The average Bonchev–Trinajstić information content (AvgIpc) is 2.30. The maximum absolute atomic E-state index is 10.5. The Hall–Kier alpha value is -0.840. The molecule has 1 N–H and O–H groups in total. The van der Waals surface area contributed by atoms with Gasteiger partial charge in [-0.15, -0.1) is 0 Å². The fraction of sp³-hybridized carbons (Fsp3) is 0.429. The van der Waals surface area contributed by atoms with Crippen LogP contribution in [0.3, 0.4) is 0 Å². The van der Waals surface area contributed by atoms with E-state index in [1.54, 1.807) is 4.68 Å². The van der Waals surface area contributed by atoms with Crippen molar-refractivity contribution in [1.29, 1.82) is 0 Å². The summed E-state index contributed by atoms with van der Waals surface area (Å²) in [5.74, 6) is -1.00. The molecule has 0 fully saturated rings. The second-order valence-corrected chi connectivity index (χ2v) is 3.51. The van der Waals surface area contributed by atoms with Gasteiger partial charge in [0.1, 0.15) is 4.60 Å². The minimum Gasteiger partial charge on any atom is -0.476 e. The van der Waals surface area contributed by atoms with Gasteiger partial charge in [0.25, 0.3) is 0 Å². The van der Waals surface area contributed by atoms with Crippen LogP contribution in [0.5, 0.6) is 0 Å². The molecule has 1 aromatic rings. The van der Waals surface area contributed by atoms with Gasteiger partial charge < -0.3 is 5.11 Å². The van der Waals surface area contributed by atoms with Crippen LogP contribution in [-0.2, 0) is 0 Å². The molecule has 0 aliphatic heterocycles. The van der Waals surface area contributed by atoms with Gasteiger partial charge >= 0.3 is 5.97 Å². The molecular weight excluding hydrogens is 224 g/mol. The van der Waals surface area contributed by atoms with Gasteiger partial charge in [-0.2, -0.15) is 5.10 Å². The van der Waals surface area contributed by atoms with E-state index >= 15 is 0 Å². The first-order valence-electron chi connectivity index (χ1n) is 3.50. The van der Waals surface area contributed by atoms with E-state index in [0.29, 0.717) is 4.60 Å². The Labute approximate surface area is 78.3 Å². The lowest BCUT2D eigenvalue weighted by atomic mass is 10.4. The number of carboxylic acid groups (broad SMARTS) is 1. The molecule has 0 saturated heterocycles. The zero-order valence-corrected chi connectivity index (χ0v) is 8.37. The summed E-state index contributed by atoms with van der Waals surface area (Å²) in [5.41, 5.74) is 0.0653. The summed E-state index contributed by atoms with van der Waals surface area (Å²) in [6.07, 6.45) is 0.